The zero-order chi connectivity index (χ0) is 22.2. The first-order valence-corrected chi connectivity index (χ1v) is 9.95. The van der Waals surface area contributed by atoms with E-state index in [1.165, 1.54) is 19.1 Å². The fourth-order valence-electron chi connectivity index (χ4n) is 3.45. The van der Waals surface area contributed by atoms with E-state index in [1.807, 2.05) is 30.3 Å². The largest absolute Gasteiger partial charge is 0.488 e. The van der Waals surface area contributed by atoms with E-state index in [1.54, 1.807) is 19.2 Å². The van der Waals surface area contributed by atoms with E-state index in [-0.39, 0.29) is 35.9 Å². The summed E-state index contributed by atoms with van der Waals surface area (Å²) in [6, 6.07) is 11.8. The molecule has 166 valence electrons. The summed E-state index contributed by atoms with van der Waals surface area (Å²) in [4.78, 5) is 31.9. The molecule has 2 heterocycles. The number of carbonyl (C=O) groups is 2. The van der Waals surface area contributed by atoms with Crippen molar-refractivity contribution in [1.29, 1.82) is 0 Å². The molecule has 0 unspecified atom stereocenters. The minimum atomic E-state index is -0.690. The summed E-state index contributed by atoms with van der Waals surface area (Å²) in [7, 11) is 4.47. The van der Waals surface area contributed by atoms with Crippen LogP contribution in [0.5, 0.6) is 17.5 Å². The molecule has 0 spiro atoms. The van der Waals surface area contributed by atoms with E-state index in [0.29, 0.717) is 31.2 Å². The zero-order valence-electron chi connectivity index (χ0n) is 17.9. The predicted octanol–water partition coefficient (Wildman–Crippen LogP) is 1.52. The molecule has 1 aromatic heterocycles. The summed E-state index contributed by atoms with van der Waals surface area (Å²) in [5, 5.41) is 2.81. The molecule has 0 aliphatic carbocycles. The van der Waals surface area contributed by atoms with Crippen molar-refractivity contribution in [3.8, 4) is 17.5 Å². The number of pyridine rings is 1. The lowest BCUT2D eigenvalue weighted by Crippen LogP contribution is -2.46. The summed E-state index contributed by atoms with van der Waals surface area (Å²) in [5.74, 6) is 0.524. The summed E-state index contributed by atoms with van der Waals surface area (Å²) in [6.45, 7) is 0.989. The highest BCUT2D eigenvalue weighted by atomic mass is 16.5. The average Bonchev–Trinajstić information content (AvgIpc) is 3.22. The van der Waals surface area contributed by atoms with Gasteiger partial charge in [0.25, 0.3) is 5.91 Å². The van der Waals surface area contributed by atoms with Gasteiger partial charge in [-0.3, -0.25) is 9.59 Å². The number of carbonyl (C=O) groups excluding carboxylic acids is 2. The molecule has 3 rings (SSSR count). The van der Waals surface area contributed by atoms with E-state index >= 15 is 0 Å². The normalized spacial score (nSPS) is 17.8. The van der Waals surface area contributed by atoms with Gasteiger partial charge in [0.15, 0.2) is 0 Å². The van der Waals surface area contributed by atoms with Crippen LogP contribution in [0.25, 0.3) is 0 Å². The maximum atomic E-state index is 13.4. The third-order valence-electron chi connectivity index (χ3n) is 4.95. The molecule has 9 nitrogen and oxygen atoms in total. The number of nitrogens with one attached hydrogen (secondary N) is 1. The molecule has 1 N–H and O–H groups in total. The molecule has 1 aliphatic heterocycles. The Labute approximate surface area is 181 Å². The van der Waals surface area contributed by atoms with Crippen molar-refractivity contribution in [2.24, 2.45) is 0 Å². The monoisotopic (exact) mass is 429 g/mol. The number of ether oxygens (including phenoxy) is 4. The van der Waals surface area contributed by atoms with Gasteiger partial charge in [-0.15, -0.1) is 0 Å². The lowest BCUT2D eigenvalue weighted by molar-refractivity contribution is -0.125. The number of para-hydroxylation sites is 1. The number of likely N-dealkylation sites (tertiary alicyclic amines) is 1. The van der Waals surface area contributed by atoms with E-state index < -0.39 is 6.04 Å². The molecule has 0 bridgehead atoms. The second-order valence-corrected chi connectivity index (χ2v) is 6.96. The summed E-state index contributed by atoms with van der Waals surface area (Å²) >= 11 is 0. The van der Waals surface area contributed by atoms with Gasteiger partial charge in [-0.1, -0.05) is 18.2 Å². The lowest BCUT2D eigenvalue weighted by Gasteiger charge is -2.24. The Bertz CT molecular complexity index is 892. The van der Waals surface area contributed by atoms with Gasteiger partial charge in [-0.2, -0.15) is 4.98 Å². The SMILES string of the molecule is COCCNC(=O)[C@@H]1C[C@H](Oc2ccccc2)CN1C(=O)c1ccc(OC)nc1OC. The molecule has 2 aromatic rings. The van der Waals surface area contributed by atoms with E-state index in [2.05, 4.69) is 10.3 Å². The molecule has 1 fully saturated rings. The zero-order valence-corrected chi connectivity index (χ0v) is 17.9. The van der Waals surface area contributed by atoms with Gasteiger partial charge >= 0.3 is 0 Å². The number of amides is 2. The van der Waals surface area contributed by atoms with Crippen LogP contribution in [0.4, 0.5) is 0 Å². The maximum Gasteiger partial charge on any atom is 0.260 e. The van der Waals surface area contributed by atoms with Crippen LogP contribution in [0.1, 0.15) is 16.8 Å². The third kappa shape index (κ3) is 5.43. The molecule has 2 amide bonds. The molecular weight excluding hydrogens is 402 g/mol. The first-order valence-electron chi connectivity index (χ1n) is 9.95. The molecular formula is C22H27N3O6. The fraction of sp³-hybridized carbons (Fsp3) is 0.409. The Morgan fingerprint density at radius 3 is 2.55 bits per heavy atom. The standard InChI is InChI=1S/C22H27N3O6/c1-28-12-11-23-20(26)18-13-16(31-15-7-5-4-6-8-15)14-25(18)22(27)17-9-10-19(29-2)24-21(17)30-3/h4-10,16,18H,11-14H2,1-3H3,(H,23,26)/t16-,18-/m0/s1. The Balaban J connectivity index is 1.83. The molecule has 0 radical (unpaired) electrons. The molecule has 2 atom stereocenters. The van der Waals surface area contributed by atoms with Crippen molar-refractivity contribution >= 4 is 11.8 Å². The van der Waals surface area contributed by atoms with Gasteiger partial charge in [0.1, 0.15) is 23.5 Å². The highest BCUT2D eigenvalue weighted by molar-refractivity contribution is 5.99. The maximum absolute atomic E-state index is 13.4. The number of rotatable bonds is 9. The van der Waals surface area contributed by atoms with Gasteiger partial charge in [-0.25, -0.2) is 0 Å². The quantitative estimate of drug-likeness (QED) is 0.604. The number of hydrogen-bond acceptors (Lipinski definition) is 7. The van der Waals surface area contributed by atoms with Crippen molar-refractivity contribution < 1.29 is 28.5 Å². The Kier molecular flexibility index (Phi) is 7.66. The summed E-state index contributed by atoms with van der Waals surface area (Å²) < 4.78 is 21.4. The first-order chi connectivity index (χ1) is 15.1. The van der Waals surface area contributed by atoms with Crippen molar-refractivity contribution in [2.45, 2.75) is 18.6 Å². The number of aromatic nitrogens is 1. The summed E-state index contributed by atoms with van der Waals surface area (Å²) in [5.41, 5.74) is 0.248. The third-order valence-corrected chi connectivity index (χ3v) is 4.95. The van der Waals surface area contributed by atoms with Crippen LogP contribution < -0.4 is 19.5 Å². The molecule has 1 aromatic carbocycles. The van der Waals surface area contributed by atoms with Crippen molar-refractivity contribution in [2.75, 3.05) is 41.0 Å². The van der Waals surface area contributed by atoms with Crippen LogP contribution in [-0.4, -0.2) is 74.9 Å². The smallest absolute Gasteiger partial charge is 0.260 e. The van der Waals surface area contributed by atoms with Crippen LogP contribution in [-0.2, 0) is 9.53 Å². The van der Waals surface area contributed by atoms with Crippen LogP contribution in [0, 0.1) is 0 Å². The highest BCUT2D eigenvalue weighted by Crippen LogP contribution is 2.28. The van der Waals surface area contributed by atoms with Gasteiger partial charge in [0.2, 0.25) is 17.7 Å². The van der Waals surface area contributed by atoms with Gasteiger partial charge in [0, 0.05) is 26.1 Å². The lowest BCUT2D eigenvalue weighted by atomic mass is 10.1. The minimum Gasteiger partial charge on any atom is -0.488 e. The van der Waals surface area contributed by atoms with Gasteiger partial charge < -0.3 is 29.2 Å². The van der Waals surface area contributed by atoms with Crippen LogP contribution in [0.3, 0.4) is 0 Å². The van der Waals surface area contributed by atoms with Crippen molar-refractivity contribution in [3.63, 3.8) is 0 Å². The topological polar surface area (TPSA) is 99.2 Å². The van der Waals surface area contributed by atoms with E-state index in [9.17, 15) is 9.59 Å². The Morgan fingerprint density at radius 2 is 1.87 bits per heavy atom. The minimum absolute atomic E-state index is 0.135. The first kappa shape index (κ1) is 22.4. The predicted molar refractivity (Wildman–Crippen MR) is 113 cm³/mol. The molecule has 1 aliphatic rings. The number of methoxy groups -OCH3 is 3. The summed E-state index contributed by atoms with van der Waals surface area (Å²) in [6.07, 6.45) is 0.0347. The molecule has 9 heteroatoms. The Morgan fingerprint density at radius 1 is 1.10 bits per heavy atom. The average molecular weight is 429 g/mol. The van der Waals surface area contributed by atoms with Crippen molar-refractivity contribution in [3.05, 3.63) is 48.0 Å². The van der Waals surface area contributed by atoms with Crippen LogP contribution in [0.2, 0.25) is 0 Å². The van der Waals surface area contributed by atoms with E-state index in [4.69, 9.17) is 18.9 Å². The second-order valence-electron chi connectivity index (χ2n) is 6.96. The Hall–Kier alpha value is -3.33. The van der Waals surface area contributed by atoms with Gasteiger partial charge in [-0.05, 0) is 18.2 Å². The van der Waals surface area contributed by atoms with E-state index in [0.717, 1.165) is 0 Å². The van der Waals surface area contributed by atoms with Crippen molar-refractivity contribution in [1.82, 2.24) is 15.2 Å². The van der Waals surface area contributed by atoms with Crippen LogP contribution >= 0.6 is 0 Å². The van der Waals surface area contributed by atoms with Gasteiger partial charge in [0.05, 0.1) is 27.4 Å². The highest BCUT2D eigenvalue weighted by Gasteiger charge is 2.41. The molecule has 1 saturated heterocycles. The van der Waals surface area contributed by atoms with Crippen LogP contribution in [0.15, 0.2) is 42.5 Å². The number of nitrogens with zero attached hydrogens (tertiary/aromatic N) is 2. The number of benzene rings is 1. The fourth-order valence-corrected chi connectivity index (χ4v) is 3.45. The second kappa shape index (κ2) is 10.6. The number of hydrogen-bond donors (Lipinski definition) is 1. The molecule has 0 saturated carbocycles. The molecule has 31 heavy (non-hydrogen) atoms.